The van der Waals surface area contributed by atoms with Gasteiger partial charge in [0.2, 0.25) is 5.90 Å². The molecule has 116 valence electrons. The molecule has 0 bridgehead atoms. The minimum atomic E-state index is -0.473. The number of hydrogen-bond acceptors (Lipinski definition) is 3. The summed E-state index contributed by atoms with van der Waals surface area (Å²) >= 11 is 0. The van der Waals surface area contributed by atoms with E-state index in [9.17, 15) is 0 Å². The maximum Gasteiger partial charge on any atom is 0.202 e. The summed E-state index contributed by atoms with van der Waals surface area (Å²) in [5, 5.41) is 3.49. The highest BCUT2D eigenvalue weighted by Crippen LogP contribution is 2.43. The molecule has 0 saturated heterocycles. The fourth-order valence-electron chi connectivity index (χ4n) is 3.22. The van der Waals surface area contributed by atoms with Gasteiger partial charge in [-0.25, -0.2) is 4.99 Å². The largest absolute Gasteiger partial charge is 0.474 e. The lowest BCUT2D eigenvalue weighted by atomic mass is 9.82. The fourth-order valence-corrected chi connectivity index (χ4v) is 3.22. The summed E-state index contributed by atoms with van der Waals surface area (Å²) in [5.74, 6) is 3.46. The number of fused-ring (bicyclic) bond motifs is 1. The van der Waals surface area contributed by atoms with E-state index in [1.165, 1.54) is 16.8 Å². The molecule has 0 aliphatic carbocycles. The Labute approximate surface area is 133 Å². The zero-order valence-corrected chi connectivity index (χ0v) is 13.9. The van der Waals surface area contributed by atoms with Gasteiger partial charge in [-0.1, -0.05) is 18.1 Å². The van der Waals surface area contributed by atoms with E-state index in [1.807, 2.05) is 13.8 Å². The Kier molecular flexibility index (Phi) is 3.44. The van der Waals surface area contributed by atoms with Gasteiger partial charge >= 0.3 is 0 Å². The second kappa shape index (κ2) is 5.05. The van der Waals surface area contributed by atoms with Crippen molar-refractivity contribution >= 4 is 11.6 Å². The maximum atomic E-state index is 6.07. The fraction of sp³-hybridized carbons (Fsp3) is 0.526. The van der Waals surface area contributed by atoms with E-state index in [0.29, 0.717) is 5.90 Å². The van der Waals surface area contributed by atoms with Crippen molar-refractivity contribution in [2.24, 2.45) is 10.4 Å². The Morgan fingerprint density at radius 3 is 2.95 bits per heavy atom. The molecule has 0 amide bonds. The van der Waals surface area contributed by atoms with Gasteiger partial charge in [0.25, 0.3) is 0 Å². The van der Waals surface area contributed by atoms with Crippen LogP contribution in [0.4, 0.5) is 5.69 Å². The third kappa shape index (κ3) is 2.18. The summed E-state index contributed by atoms with van der Waals surface area (Å²) in [5.41, 5.74) is 3.01. The molecular weight excluding hydrogens is 272 g/mol. The van der Waals surface area contributed by atoms with Gasteiger partial charge in [0.05, 0.1) is 0 Å². The molecule has 3 nitrogen and oxygen atoms in total. The van der Waals surface area contributed by atoms with E-state index >= 15 is 0 Å². The Hall–Kier alpha value is -1.95. The Balaban J connectivity index is 2.10. The minimum Gasteiger partial charge on any atom is -0.474 e. The van der Waals surface area contributed by atoms with Gasteiger partial charge in [-0.05, 0) is 57.7 Å². The normalized spacial score (nSPS) is 27.2. The van der Waals surface area contributed by atoms with Crippen molar-refractivity contribution in [1.29, 1.82) is 0 Å². The minimum absolute atomic E-state index is 0.0245. The van der Waals surface area contributed by atoms with Crippen LogP contribution < -0.4 is 5.32 Å². The van der Waals surface area contributed by atoms with Crippen molar-refractivity contribution in [2.45, 2.75) is 52.2 Å². The Bertz CT molecular complexity index is 669. The summed E-state index contributed by atoms with van der Waals surface area (Å²) in [7, 11) is 0. The number of nitrogens with zero attached hydrogens (tertiary/aromatic N) is 1. The zero-order chi connectivity index (χ0) is 16.0. The zero-order valence-electron chi connectivity index (χ0n) is 13.9. The van der Waals surface area contributed by atoms with Crippen LogP contribution in [0.5, 0.6) is 0 Å². The Morgan fingerprint density at radius 1 is 1.45 bits per heavy atom. The molecule has 2 unspecified atom stereocenters. The lowest BCUT2D eigenvalue weighted by molar-refractivity contribution is 0.153. The van der Waals surface area contributed by atoms with E-state index in [0.717, 1.165) is 19.4 Å². The highest BCUT2D eigenvalue weighted by Gasteiger charge is 2.45. The number of benzene rings is 1. The average molecular weight is 296 g/mol. The van der Waals surface area contributed by atoms with E-state index in [4.69, 9.17) is 16.2 Å². The molecule has 0 radical (unpaired) electrons. The van der Waals surface area contributed by atoms with Crippen molar-refractivity contribution in [2.75, 3.05) is 11.9 Å². The van der Waals surface area contributed by atoms with Crippen molar-refractivity contribution in [3.8, 4) is 12.3 Å². The van der Waals surface area contributed by atoms with Gasteiger partial charge in [-0.15, -0.1) is 6.42 Å². The molecule has 0 spiro atoms. The number of terminal acetylenes is 1. The van der Waals surface area contributed by atoms with Crippen LogP contribution in [0.3, 0.4) is 0 Å². The van der Waals surface area contributed by atoms with Crippen molar-refractivity contribution < 1.29 is 4.74 Å². The molecule has 2 atom stereocenters. The molecule has 0 saturated carbocycles. The molecule has 0 fully saturated rings. The number of aliphatic imine (C=N–C) groups is 1. The van der Waals surface area contributed by atoms with Crippen LogP contribution in [0.1, 0.15) is 45.2 Å². The first-order valence-electron chi connectivity index (χ1n) is 7.99. The molecule has 2 heterocycles. The van der Waals surface area contributed by atoms with E-state index in [-0.39, 0.29) is 11.6 Å². The second-order valence-corrected chi connectivity index (χ2v) is 6.96. The van der Waals surface area contributed by atoms with Crippen LogP contribution in [0, 0.1) is 17.8 Å². The molecule has 1 N–H and O–H groups in total. The number of nitrogens with one attached hydrogen (secondary N) is 1. The first-order valence-corrected chi connectivity index (χ1v) is 7.99. The summed E-state index contributed by atoms with van der Waals surface area (Å²) < 4.78 is 6.07. The van der Waals surface area contributed by atoms with Crippen molar-refractivity contribution in [1.82, 2.24) is 0 Å². The van der Waals surface area contributed by atoms with Crippen molar-refractivity contribution in [3.05, 3.63) is 29.3 Å². The van der Waals surface area contributed by atoms with Gasteiger partial charge < -0.3 is 10.1 Å². The number of rotatable bonds is 2. The molecule has 0 aromatic heterocycles. The van der Waals surface area contributed by atoms with Crippen LogP contribution in [0.15, 0.2) is 23.2 Å². The number of hydrogen-bond donors (Lipinski definition) is 1. The standard InChI is InChI=1S/C19H24N2O/c1-6-18(3,4)17-21-19(5,13(2)22-17)15-10-7-11-16-14(15)9-8-12-20-16/h1,7,10-11,13,20H,8-9,12H2,2-5H3. The number of anilines is 1. The van der Waals surface area contributed by atoms with E-state index < -0.39 is 5.41 Å². The summed E-state index contributed by atoms with van der Waals surface area (Å²) in [4.78, 5) is 4.95. The van der Waals surface area contributed by atoms with Gasteiger partial charge in [-0.2, -0.15) is 0 Å². The van der Waals surface area contributed by atoms with Crippen LogP contribution in [0.25, 0.3) is 0 Å². The molecule has 3 rings (SSSR count). The van der Waals surface area contributed by atoms with E-state index in [1.54, 1.807) is 0 Å². The lowest BCUT2D eigenvalue weighted by Crippen LogP contribution is -2.32. The van der Waals surface area contributed by atoms with Crippen LogP contribution >= 0.6 is 0 Å². The van der Waals surface area contributed by atoms with Gasteiger partial charge in [0.15, 0.2) is 0 Å². The topological polar surface area (TPSA) is 33.6 Å². The Morgan fingerprint density at radius 2 is 2.23 bits per heavy atom. The maximum absolute atomic E-state index is 6.07. The molecule has 1 aromatic carbocycles. The highest BCUT2D eigenvalue weighted by atomic mass is 16.5. The van der Waals surface area contributed by atoms with Crippen LogP contribution in [-0.4, -0.2) is 18.5 Å². The van der Waals surface area contributed by atoms with E-state index in [2.05, 4.69) is 43.3 Å². The SMILES string of the molecule is C#CC(C)(C)C1=NC(C)(c2cccc3c2CCCN3)C(C)O1. The predicted molar refractivity (Wildman–Crippen MR) is 91.2 cm³/mol. The second-order valence-electron chi connectivity index (χ2n) is 6.96. The van der Waals surface area contributed by atoms with Crippen LogP contribution in [0.2, 0.25) is 0 Å². The molecule has 1 aromatic rings. The summed E-state index contributed by atoms with van der Waals surface area (Å²) in [6.45, 7) is 9.23. The predicted octanol–water partition coefficient (Wildman–Crippen LogP) is 3.74. The number of ether oxygens (including phenoxy) is 1. The van der Waals surface area contributed by atoms with Gasteiger partial charge in [0.1, 0.15) is 17.1 Å². The third-order valence-electron chi connectivity index (χ3n) is 4.95. The molecule has 3 heteroatoms. The summed E-state index contributed by atoms with van der Waals surface area (Å²) in [6.07, 6.45) is 7.87. The van der Waals surface area contributed by atoms with Crippen molar-refractivity contribution in [3.63, 3.8) is 0 Å². The first kappa shape index (κ1) is 15.0. The molecule has 2 aliphatic heterocycles. The third-order valence-corrected chi connectivity index (χ3v) is 4.95. The lowest BCUT2D eigenvalue weighted by Gasteiger charge is -2.30. The van der Waals surface area contributed by atoms with Gasteiger partial charge in [-0.3, -0.25) is 0 Å². The first-order chi connectivity index (χ1) is 10.4. The van der Waals surface area contributed by atoms with Crippen LogP contribution in [-0.2, 0) is 16.7 Å². The average Bonchev–Trinajstić information content (AvgIpc) is 2.84. The highest BCUT2D eigenvalue weighted by molar-refractivity contribution is 5.87. The summed E-state index contributed by atoms with van der Waals surface area (Å²) in [6, 6.07) is 6.43. The molecule has 22 heavy (non-hydrogen) atoms. The quantitative estimate of drug-likeness (QED) is 0.844. The monoisotopic (exact) mass is 296 g/mol. The van der Waals surface area contributed by atoms with Gasteiger partial charge in [0, 0.05) is 12.2 Å². The molecule has 2 aliphatic rings. The molecular formula is C19H24N2O. The smallest absolute Gasteiger partial charge is 0.202 e.